The van der Waals surface area contributed by atoms with Crippen LogP contribution in [0.5, 0.6) is 0 Å². The van der Waals surface area contributed by atoms with Gasteiger partial charge in [0.1, 0.15) is 0 Å². The van der Waals surface area contributed by atoms with Crippen LogP contribution >= 0.6 is 0 Å². The molecule has 0 aliphatic carbocycles. The van der Waals surface area contributed by atoms with Crippen molar-refractivity contribution in [2.75, 3.05) is 39.5 Å². The zero-order valence-electron chi connectivity index (χ0n) is 11.5. The lowest BCUT2D eigenvalue weighted by Crippen LogP contribution is -2.22. The Morgan fingerprint density at radius 2 is 1.69 bits per heavy atom. The van der Waals surface area contributed by atoms with Gasteiger partial charge >= 0.3 is 0 Å². The Labute approximate surface area is 101 Å². The number of hydrogen-bond donors (Lipinski definition) is 1. The molecule has 0 aliphatic heterocycles. The minimum atomic E-state index is 0.380. The molecule has 0 saturated heterocycles. The molecule has 98 valence electrons. The Bertz CT molecular complexity index is 143. The van der Waals surface area contributed by atoms with Crippen LogP contribution in [0.2, 0.25) is 0 Å². The third kappa shape index (κ3) is 13.9. The summed E-state index contributed by atoms with van der Waals surface area (Å²) in [6.45, 7) is 14.0. The average Bonchev–Trinajstić information content (AvgIpc) is 2.19. The van der Waals surface area contributed by atoms with Crippen molar-refractivity contribution >= 4 is 0 Å². The first-order chi connectivity index (χ1) is 7.56. The van der Waals surface area contributed by atoms with E-state index in [9.17, 15) is 0 Å². The van der Waals surface area contributed by atoms with Gasteiger partial charge in [-0.1, -0.05) is 20.8 Å². The summed E-state index contributed by atoms with van der Waals surface area (Å²) in [4.78, 5) is 0. The van der Waals surface area contributed by atoms with Gasteiger partial charge in [0.15, 0.2) is 0 Å². The van der Waals surface area contributed by atoms with Gasteiger partial charge in [-0.25, -0.2) is 0 Å². The molecule has 3 heteroatoms. The van der Waals surface area contributed by atoms with Gasteiger partial charge in [0.25, 0.3) is 0 Å². The molecule has 0 amide bonds. The summed E-state index contributed by atoms with van der Waals surface area (Å²) < 4.78 is 10.8. The van der Waals surface area contributed by atoms with Gasteiger partial charge in [0.2, 0.25) is 0 Å². The van der Waals surface area contributed by atoms with Crippen LogP contribution in [-0.4, -0.2) is 39.5 Å². The van der Waals surface area contributed by atoms with Crippen LogP contribution in [0.25, 0.3) is 0 Å². The highest BCUT2D eigenvalue weighted by Crippen LogP contribution is 2.17. The zero-order chi connectivity index (χ0) is 12.3. The largest absolute Gasteiger partial charge is 0.382 e. The molecule has 0 atom stereocenters. The smallest absolute Gasteiger partial charge is 0.0590 e. The Balaban J connectivity index is 2.99. The fraction of sp³-hybridized carbons (Fsp3) is 1.00. The molecule has 0 aromatic rings. The second kappa shape index (κ2) is 10.1. The molecule has 0 unspecified atom stereocenters. The van der Waals surface area contributed by atoms with Crippen molar-refractivity contribution in [2.45, 2.75) is 40.5 Å². The molecule has 0 radical (unpaired) electrons. The predicted octanol–water partition coefficient (Wildman–Crippen LogP) is 2.46. The Kier molecular flexibility index (Phi) is 9.99. The molecular weight excluding hydrogens is 202 g/mol. The van der Waals surface area contributed by atoms with Crippen molar-refractivity contribution in [2.24, 2.45) is 5.41 Å². The van der Waals surface area contributed by atoms with Gasteiger partial charge < -0.3 is 14.8 Å². The van der Waals surface area contributed by atoms with E-state index in [1.165, 1.54) is 0 Å². The lowest BCUT2D eigenvalue weighted by atomic mass is 9.93. The van der Waals surface area contributed by atoms with Crippen LogP contribution in [0.3, 0.4) is 0 Å². The van der Waals surface area contributed by atoms with E-state index in [-0.39, 0.29) is 0 Å². The normalized spacial score (nSPS) is 12.0. The lowest BCUT2D eigenvalue weighted by molar-refractivity contribution is 0.108. The van der Waals surface area contributed by atoms with Crippen LogP contribution in [0.4, 0.5) is 0 Å². The summed E-state index contributed by atoms with van der Waals surface area (Å²) in [6, 6.07) is 0. The Morgan fingerprint density at radius 1 is 0.938 bits per heavy atom. The molecule has 0 rings (SSSR count). The van der Waals surface area contributed by atoms with E-state index < -0.39 is 0 Å². The molecule has 0 aliphatic rings. The van der Waals surface area contributed by atoms with Crippen molar-refractivity contribution in [1.29, 1.82) is 0 Å². The highest BCUT2D eigenvalue weighted by atomic mass is 16.5. The maximum Gasteiger partial charge on any atom is 0.0590 e. The van der Waals surface area contributed by atoms with E-state index in [0.29, 0.717) is 5.41 Å². The number of ether oxygens (including phenoxy) is 2. The molecule has 0 spiro atoms. The SMILES string of the molecule is CCOCCCNCCOCCC(C)(C)C. The van der Waals surface area contributed by atoms with E-state index in [4.69, 9.17) is 9.47 Å². The first kappa shape index (κ1) is 15.9. The third-order valence-electron chi connectivity index (χ3n) is 2.27. The molecule has 3 nitrogen and oxygen atoms in total. The zero-order valence-corrected chi connectivity index (χ0v) is 11.5. The van der Waals surface area contributed by atoms with Crippen molar-refractivity contribution < 1.29 is 9.47 Å². The van der Waals surface area contributed by atoms with Crippen molar-refractivity contribution in [3.63, 3.8) is 0 Å². The van der Waals surface area contributed by atoms with Crippen LogP contribution in [0, 0.1) is 5.41 Å². The molecular formula is C13H29NO2. The van der Waals surface area contributed by atoms with Gasteiger partial charge in [-0.15, -0.1) is 0 Å². The van der Waals surface area contributed by atoms with Gasteiger partial charge in [-0.3, -0.25) is 0 Å². The standard InChI is InChI=1S/C13H29NO2/c1-5-15-10-6-8-14-9-12-16-11-7-13(2,3)4/h14H,5-12H2,1-4H3. The van der Waals surface area contributed by atoms with Gasteiger partial charge in [0, 0.05) is 26.4 Å². The number of hydrogen-bond acceptors (Lipinski definition) is 3. The molecule has 0 saturated carbocycles. The van der Waals surface area contributed by atoms with Crippen molar-refractivity contribution in [3.05, 3.63) is 0 Å². The molecule has 0 aromatic heterocycles. The minimum absolute atomic E-state index is 0.380. The van der Waals surface area contributed by atoms with Gasteiger partial charge in [-0.05, 0) is 31.7 Å². The molecule has 0 aromatic carbocycles. The van der Waals surface area contributed by atoms with Crippen molar-refractivity contribution in [3.8, 4) is 0 Å². The van der Waals surface area contributed by atoms with E-state index in [1.807, 2.05) is 6.92 Å². The molecule has 1 N–H and O–H groups in total. The van der Waals surface area contributed by atoms with Crippen molar-refractivity contribution in [1.82, 2.24) is 5.32 Å². The second-order valence-corrected chi connectivity index (χ2v) is 5.22. The maximum atomic E-state index is 5.54. The predicted molar refractivity (Wildman–Crippen MR) is 68.9 cm³/mol. The summed E-state index contributed by atoms with van der Waals surface area (Å²) >= 11 is 0. The van der Waals surface area contributed by atoms with Crippen LogP contribution in [-0.2, 0) is 9.47 Å². The lowest BCUT2D eigenvalue weighted by Gasteiger charge is -2.17. The van der Waals surface area contributed by atoms with Gasteiger partial charge in [-0.2, -0.15) is 0 Å². The minimum Gasteiger partial charge on any atom is -0.382 e. The summed E-state index contributed by atoms with van der Waals surface area (Å²) in [5.74, 6) is 0. The fourth-order valence-electron chi connectivity index (χ4n) is 1.19. The first-order valence-corrected chi connectivity index (χ1v) is 6.42. The maximum absolute atomic E-state index is 5.54. The monoisotopic (exact) mass is 231 g/mol. The molecule has 0 bridgehead atoms. The highest BCUT2D eigenvalue weighted by Gasteiger charge is 2.08. The molecule has 0 fully saturated rings. The van der Waals surface area contributed by atoms with Gasteiger partial charge in [0.05, 0.1) is 6.61 Å². The molecule has 16 heavy (non-hydrogen) atoms. The quantitative estimate of drug-likeness (QED) is 0.586. The second-order valence-electron chi connectivity index (χ2n) is 5.22. The molecule has 0 heterocycles. The average molecular weight is 231 g/mol. The first-order valence-electron chi connectivity index (χ1n) is 6.42. The van der Waals surface area contributed by atoms with Crippen LogP contribution in [0.15, 0.2) is 0 Å². The summed E-state index contributed by atoms with van der Waals surface area (Å²) in [7, 11) is 0. The number of rotatable bonds is 10. The van der Waals surface area contributed by atoms with Crippen LogP contribution < -0.4 is 5.32 Å². The number of nitrogens with one attached hydrogen (secondary N) is 1. The van der Waals surface area contributed by atoms with E-state index in [0.717, 1.165) is 52.4 Å². The summed E-state index contributed by atoms with van der Waals surface area (Å²) in [5, 5.41) is 3.34. The third-order valence-corrected chi connectivity index (χ3v) is 2.27. The summed E-state index contributed by atoms with van der Waals surface area (Å²) in [5.41, 5.74) is 0.380. The summed E-state index contributed by atoms with van der Waals surface area (Å²) in [6.07, 6.45) is 2.20. The topological polar surface area (TPSA) is 30.5 Å². The van der Waals surface area contributed by atoms with E-state index in [2.05, 4.69) is 26.1 Å². The highest BCUT2D eigenvalue weighted by molar-refractivity contribution is 4.60. The Morgan fingerprint density at radius 3 is 2.31 bits per heavy atom. The van der Waals surface area contributed by atoms with Crippen LogP contribution in [0.1, 0.15) is 40.5 Å². The van der Waals surface area contributed by atoms with E-state index >= 15 is 0 Å². The van der Waals surface area contributed by atoms with E-state index in [1.54, 1.807) is 0 Å². The Hall–Kier alpha value is -0.120. The fourth-order valence-corrected chi connectivity index (χ4v) is 1.19.